The van der Waals surface area contributed by atoms with Crippen LogP contribution in [0, 0.1) is 19.7 Å². The minimum absolute atomic E-state index is 0.0445. The number of benzene rings is 1. The standard InChI is InChI=1S/C23H23FN2O6/c1-12-20(23(29)30-4)13(2)26-21(12)22(28)14(3)31-19(27)10-9-18-25-11-17(32-18)15-5-7-16(24)8-6-15/h5-8,11,14,26H,9-10H2,1-4H3. The third-order valence-corrected chi connectivity index (χ3v) is 4.98. The van der Waals surface area contributed by atoms with E-state index < -0.39 is 23.8 Å². The molecule has 9 heteroatoms. The zero-order valence-electron chi connectivity index (χ0n) is 18.2. The van der Waals surface area contributed by atoms with Crippen molar-refractivity contribution in [1.29, 1.82) is 0 Å². The number of aromatic amines is 1. The van der Waals surface area contributed by atoms with Gasteiger partial charge in [-0.05, 0) is 50.6 Å². The number of nitrogens with one attached hydrogen (secondary N) is 1. The molecular formula is C23H23FN2O6. The summed E-state index contributed by atoms with van der Waals surface area (Å²) >= 11 is 0. The molecule has 2 aromatic heterocycles. The summed E-state index contributed by atoms with van der Waals surface area (Å²) in [5.41, 5.74) is 2.08. The molecule has 0 radical (unpaired) electrons. The highest BCUT2D eigenvalue weighted by Crippen LogP contribution is 2.22. The van der Waals surface area contributed by atoms with Crippen molar-refractivity contribution in [2.45, 2.75) is 39.7 Å². The van der Waals surface area contributed by atoms with Crippen LogP contribution in [-0.4, -0.2) is 40.9 Å². The third kappa shape index (κ3) is 4.93. The fourth-order valence-electron chi connectivity index (χ4n) is 3.30. The maximum Gasteiger partial charge on any atom is 0.339 e. The Morgan fingerprint density at radius 1 is 1.19 bits per heavy atom. The molecular weight excluding hydrogens is 419 g/mol. The van der Waals surface area contributed by atoms with Crippen molar-refractivity contribution in [2.75, 3.05) is 7.11 Å². The lowest BCUT2D eigenvalue weighted by molar-refractivity contribution is -0.146. The fourth-order valence-corrected chi connectivity index (χ4v) is 3.30. The number of carbonyl (C=O) groups excluding carboxylic acids is 3. The van der Waals surface area contributed by atoms with Crippen molar-refractivity contribution in [2.24, 2.45) is 0 Å². The Kier molecular flexibility index (Phi) is 6.87. The lowest BCUT2D eigenvalue weighted by Gasteiger charge is -2.12. The second-order valence-corrected chi connectivity index (χ2v) is 7.24. The molecule has 0 saturated heterocycles. The number of halogens is 1. The number of ketones is 1. The van der Waals surface area contributed by atoms with E-state index in [-0.39, 0.29) is 29.9 Å². The molecule has 0 fully saturated rings. The van der Waals surface area contributed by atoms with E-state index >= 15 is 0 Å². The molecule has 1 N–H and O–H groups in total. The zero-order chi connectivity index (χ0) is 23.4. The lowest BCUT2D eigenvalue weighted by atomic mass is 10.1. The number of Topliss-reactive ketones (excluding diaryl/α,β-unsaturated/α-hetero) is 1. The summed E-state index contributed by atoms with van der Waals surface area (Å²) in [5, 5.41) is 0. The van der Waals surface area contributed by atoms with Gasteiger partial charge in [0.05, 0.1) is 31.0 Å². The second-order valence-electron chi connectivity index (χ2n) is 7.24. The molecule has 0 saturated carbocycles. The Labute approximate surface area is 183 Å². The Morgan fingerprint density at radius 3 is 2.53 bits per heavy atom. The van der Waals surface area contributed by atoms with Crippen LogP contribution >= 0.6 is 0 Å². The Hall–Kier alpha value is -3.75. The van der Waals surface area contributed by atoms with E-state index in [4.69, 9.17) is 13.9 Å². The van der Waals surface area contributed by atoms with Crippen LogP contribution in [0.5, 0.6) is 0 Å². The predicted molar refractivity (Wildman–Crippen MR) is 112 cm³/mol. The summed E-state index contributed by atoms with van der Waals surface area (Å²) in [5.74, 6) is -1.18. The minimum atomic E-state index is -1.05. The predicted octanol–water partition coefficient (Wildman–Crippen LogP) is 3.96. The second kappa shape index (κ2) is 9.59. The normalized spacial score (nSPS) is 11.8. The van der Waals surface area contributed by atoms with Crippen molar-refractivity contribution < 1.29 is 32.7 Å². The average Bonchev–Trinajstić information content (AvgIpc) is 3.36. The van der Waals surface area contributed by atoms with Gasteiger partial charge in [-0.15, -0.1) is 0 Å². The van der Waals surface area contributed by atoms with Crippen LogP contribution in [0.4, 0.5) is 4.39 Å². The summed E-state index contributed by atoms with van der Waals surface area (Å²) in [6.45, 7) is 4.74. The van der Waals surface area contributed by atoms with Gasteiger partial charge in [0, 0.05) is 17.7 Å². The molecule has 0 aliphatic carbocycles. The van der Waals surface area contributed by atoms with Crippen molar-refractivity contribution >= 4 is 17.7 Å². The maximum absolute atomic E-state index is 13.0. The number of ether oxygens (including phenoxy) is 2. The van der Waals surface area contributed by atoms with Crippen LogP contribution < -0.4 is 0 Å². The topological polar surface area (TPSA) is 111 Å². The van der Waals surface area contributed by atoms with E-state index in [9.17, 15) is 18.8 Å². The van der Waals surface area contributed by atoms with E-state index in [0.29, 0.717) is 28.5 Å². The number of hydrogen-bond donors (Lipinski definition) is 1. The molecule has 1 aromatic carbocycles. The van der Waals surface area contributed by atoms with E-state index in [2.05, 4.69) is 9.97 Å². The van der Waals surface area contributed by atoms with E-state index in [1.54, 1.807) is 26.0 Å². The van der Waals surface area contributed by atoms with Gasteiger partial charge in [-0.3, -0.25) is 9.59 Å². The summed E-state index contributed by atoms with van der Waals surface area (Å²) in [6, 6.07) is 5.76. The molecule has 168 valence electrons. The van der Waals surface area contributed by atoms with Gasteiger partial charge in [0.15, 0.2) is 17.8 Å². The van der Waals surface area contributed by atoms with Gasteiger partial charge >= 0.3 is 11.9 Å². The quantitative estimate of drug-likeness (QED) is 0.415. The first-order valence-corrected chi connectivity index (χ1v) is 9.93. The smallest absolute Gasteiger partial charge is 0.339 e. The first-order chi connectivity index (χ1) is 15.2. The van der Waals surface area contributed by atoms with E-state index in [0.717, 1.165) is 0 Å². The van der Waals surface area contributed by atoms with Crippen LogP contribution in [-0.2, 0) is 20.7 Å². The number of carbonyl (C=O) groups is 3. The molecule has 2 heterocycles. The molecule has 0 spiro atoms. The Morgan fingerprint density at radius 2 is 1.88 bits per heavy atom. The SMILES string of the molecule is COC(=O)c1c(C)[nH]c(C(=O)C(C)OC(=O)CCc2ncc(-c3ccc(F)cc3)o2)c1C. The first-order valence-electron chi connectivity index (χ1n) is 9.93. The highest BCUT2D eigenvalue weighted by atomic mass is 19.1. The average molecular weight is 442 g/mol. The van der Waals surface area contributed by atoms with Gasteiger partial charge < -0.3 is 18.9 Å². The maximum atomic E-state index is 13.0. The molecule has 8 nitrogen and oxygen atoms in total. The van der Waals surface area contributed by atoms with Crippen LogP contribution in [0.3, 0.4) is 0 Å². The highest BCUT2D eigenvalue weighted by molar-refractivity contribution is 6.03. The van der Waals surface area contributed by atoms with Crippen molar-refractivity contribution in [3.63, 3.8) is 0 Å². The molecule has 0 aliphatic rings. The third-order valence-electron chi connectivity index (χ3n) is 4.98. The fraction of sp³-hybridized carbons (Fsp3) is 0.304. The zero-order valence-corrected chi connectivity index (χ0v) is 18.2. The molecule has 0 amide bonds. The molecule has 0 aliphatic heterocycles. The largest absolute Gasteiger partial charge is 0.465 e. The van der Waals surface area contributed by atoms with Gasteiger partial charge in [0.1, 0.15) is 5.82 Å². The number of oxazole rings is 1. The monoisotopic (exact) mass is 442 g/mol. The van der Waals surface area contributed by atoms with Crippen LogP contribution in [0.25, 0.3) is 11.3 Å². The number of H-pyrrole nitrogens is 1. The first kappa shape index (κ1) is 22.9. The van der Waals surface area contributed by atoms with Crippen molar-refractivity contribution in [3.8, 4) is 11.3 Å². The van der Waals surface area contributed by atoms with Gasteiger partial charge in [-0.1, -0.05) is 0 Å². The van der Waals surface area contributed by atoms with Gasteiger partial charge in [-0.25, -0.2) is 14.2 Å². The number of methoxy groups -OCH3 is 1. The Balaban J connectivity index is 1.58. The highest BCUT2D eigenvalue weighted by Gasteiger charge is 2.27. The van der Waals surface area contributed by atoms with Gasteiger partial charge in [0.2, 0.25) is 5.78 Å². The van der Waals surface area contributed by atoms with Gasteiger partial charge in [-0.2, -0.15) is 0 Å². The van der Waals surface area contributed by atoms with Crippen LogP contribution in [0.2, 0.25) is 0 Å². The summed E-state index contributed by atoms with van der Waals surface area (Å²) in [7, 11) is 1.26. The van der Waals surface area contributed by atoms with E-state index in [1.165, 1.54) is 32.4 Å². The molecule has 3 rings (SSSR count). The summed E-state index contributed by atoms with van der Waals surface area (Å²) in [4.78, 5) is 43.8. The number of aromatic nitrogens is 2. The Bertz CT molecular complexity index is 1150. The van der Waals surface area contributed by atoms with Crippen molar-refractivity contribution in [3.05, 3.63) is 64.7 Å². The number of rotatable bonds is 8. The van der Waals surface area contributed by atoms with Crippen LogP contribution in [0.1, 0.15) is 51.3 Å². The van der Waals surface area contributed by atoms with E-state index in [1.807, 2.05) is 0 Å². The molecule has 1 unspecified atom stereocenters. The van der Waals surface area contributed by atoms with Crippen LogP contribution in [0.15, 0.2) is 34.9 Å². The molecule has 32 heavy (non-hydrogen) atoms. The number of nitrogens with zero attached hydrogens (tertiary/aromatic N) is 1. The molecule has 0 bridgehead atoms. The molecule has 1 atom stereocenters. The number of esters is 2. The number of aryl methyl sites for hydroxylation is 2. The summed E-state index contributed by atoms with van der Waals surface area (Å²) in [6.07, 6.45) is 0.574. The lowest BCUT2D eigenvalue weighted by Crippen LogP contribution is -2.25. The molecule has 3 aromatic rings. The minimum Gasteiger partial charge on any atom is -0.465 e. The number of hydrogen-bond acceptors (Lipinski definition) is 7. The summed E-state index contributed by atoms with van der Waals surface area (Å²) < 4.78 is 28.6. The van der Waals surface area contributed by atoms with Gasteiger partial charge in [0.25, 0.3) is 0 Å². The van der Waals surface area contributed by atoms with Crippen molar-refractivity contribution in [1.82, 2.24) is 9.97 Å².